The molecule has 158 valence electrons. The second kappa shape index (κ2) is 8.77. The van der Waals surface area contributed by atoms with Gasteiger partial charge < -0.3 is 15.8 Å². The van der Waals surface area contributed by atoms with Crippen LogP contribution in [0, 0.1) is 5.82 Å². The van der Waals surface area contributed by atoms with Crippen molar-refractivity contribution in [1.29, 1.82) is 0 Å². The van der Waals surface area contributed by atoms with E-state index in [0.29, 0.717) is 40.0 Å². The predicted octanol–water partition coefficient (Wildman–Crippen LogP) is 4.93. The third-order valence-electron chi connectivity index (χ3n) is 4.96. The minimum Gasteiger partial charge on any atom is -0.439 e. The molecule has 3 aromatic rings. The van der Waals surface area contributed by atoms with E-state index in [0.717, 1.165) is 5.75 Å². The SMILES string of the molecule is CC1(c2cc(NC(=O)c3ccc(Oc4ccccc4)nc3)ccc2F)CCSC(N)=N1. The van der Waals surface area contributed by atoms with Crippen molar-refractivity contribution in [2.24, 2.45) is 10.7 Å². The van der Waals surface area contributed by atoms with Crippen molar-refractivity contribution in [1.82, 2.24) is 4.98 Å². The van der Waals surface area contributed by atoms with Crippen LogP contribution in [0.3, 0.4) is 0 Å². The molecule has 0 bridgehead atoms. The highest BCUT2D eigenvalue weighted by molar-refractivity contribution is 8.13. The van der Waals surface area contributed by atoms with E-state index in [4.69, 9.17) is 10.5 Å². The van der Waals surface area contributed by atoms with E-state index in [1.165, 1.54) is 30.1 Å². The first-order valence-electron chi connectivity index (χ1n) is 9.71. The predicted molar refractivity (Wildman–Crippen MR) is 121 cm³/mol. The van der Waals surface area contributed by atoms with E-state index in [1.54, 1.807) is 18.2 Å². The Hall–Kier alpha value is -3.39. The molecule has 0 aliphatic carbocycles. The number of rotatable bonds is 5. The number of halogens is 1. The summed E-state index contributed by atoms with van der Waals surface area (Å²) in [5.74, 6) is 1.05. The third-order valence-corrected chi connectivity index (χ3v) is 5.76. The zero-order chi connectivity index (χ0) is 21.8. The van der Waals surface area contributed by atoms with Crippen LogP contribution in [0.15, 0.2) is 71.9 Å². The fourth-order valence-corrected chi connectivity index (χ4v) is 4.26. The molecule has 1 atom stereocenters. The van der Waals surface area contributed by atoms with Gasteiger partial charge in [0.05, 0.1) is 11.1 Å². The van der Waals surface area contributed by atoms with Crippen LogP contribution >= 0.6 is 11.8 Å². The molecule has 4 rings (SSSR count). The first-order chi connectivity index (χ1) is 14.9. The van der Waals surface area contributed by atoms with Gasteiger partial charge in [-0.15, -0.1) is 0 Å². The van der Waals surface area contributed by atoms with Gasteiger partial charge in [-0.25, -0.2) is 9.37 Å². The Balaban J connectivity index is 1.49. The van der Waals surface area contributed by atoms with Crippen molar-refractivity contribution >= 4 is 28.5 Å². The molecular formula is C23H21FN4O2S. The van der Waals surface area contributed by atoms with Gasteiger partial charge >= 0.3 is 0 Å². The van der Waals surface area contributed by atoms with E-state index < -0.39 is 5.54 Å². The lowest BCUT2D eigenvalue weighted by atomic mass is 9.89. The quantitative estimate of drug-likeness (QED) is 0.592. The summed E-state index contributed by atoms with van der Waals surface area (Å²) in [6.07, 6.45) is 2.09. The molecule has 1 unspecified atom stereocenters. The number of nitrogens with two attached hydrogens (primary N) is 1. The molecule has 0 radical (unpaired) electrons. The molecule has 0 saturated heterocycles. The van der Waals surface area contributed by atoms with Gasteiger partial charge in [0, 0.05) is 29.3 Å². The number of nitrogens with one attached hydrogen (secondary N) is 1. The number of pyridine rings is 1. The van der Waals surface area contributed by atoms with E-state index in [2.05, 4.69) is 15.3 Å². The smallest absolute Gasteiger partial charge is 0.257 e. The molecule has 6 nitrogen and oxygen atoms in total. The molecule has 2 heterocycles. The van der Waals surface area contributed by atoms with E-state index >= 15 is 0 Å². The summed E-state index contributed by atoms with van der Waals surface area (Å²) in [7, 11) is 0. The second-order valence-corrected chi connectivity index (χ2v) is 8.39. The number of ether oxygens (including phenoxy) is 1. The van der Waals surface area contributed by atoms with Crippen LogP contribution in [0.1, 0.15) is 29.3 Å². The normalized spacial score (nSPS) is 18.2. The molecule has 1 aliphatic rings. The van der Waals surface area contributed by atoms with Crippen molar-refractivity contribution in [3.63, 3.8) is 0 Å². The molecule has 2 aromatic carbocycles. The van der Waals surface area contributed by atoms with Crippen LogP contribution < -0.4 is 15.8 Å². The van der Waals surface area contributed by atoms with Crippen molar-refractivity contribution in [3.8, 4) is 11.6 Å². The number of aromatic nitrogens is 1. The maximum absolute atomic E-state index is 14.6. The topological polar surface area (TPSA) is 89.6 Å². The Morgan fingerprint density at radius 1 is 1.19 bits per heavy atom. The van der Waals surface area contributed by atoms with Gasteiger partial charge in [-0.3, -0.25) is 9.79 Å². The zero-order valence-electron chi connectivity index (χ0n) is 16.8. The van der Waals surface area contributed by atoms with Crippen LogP contribution in [0.25, 0.3) is 0 Å². The monoisotopic (exact) mass is 436 g/mol. The summed E-state index contributed by atoms with van der Waals surface area (Å²) in [6.45, 7) is 1.85. The van der Waals surface area contributed by atoms with Gasteiger partial charge in [-0.2, -0.15) is 0 Å². The summed E-state index contributed by atoms with van der Waals surface area (Å²) in [6, 6.07) is 17.0. The van der Waals surface area contributed by atoms with Gasteiger partial charge in [0.25, 0.3) is 5.91 Å². The number of anilines is 1. The maximum Gasteiger partial charge on any atom is 0.257 e. The zero-order valence-corrected chi connectivity index (χ0v) is 17.7. The summed E-state index contributed by atoms with van der Waals surface area (Å²) in [5, 5.41) is 3.23. The average Bonchev–Trinajstić information content (AvgIpc) is 2.76. The summed E-state index contributed by atoms with van der Waals surface area (Å²) < 4.78 is 20.2. The van der Waals surface area contributed by atoms with Gasteiger partial charge in [0.15, 0.2) is 5.17 Å². The minimum atomic E-state index is -0.766. The Labute approximate surface area is 183 Å². The molecule has 0 saturated carbocycles. The molecule has 0 spiro atoms. The number of hydrogen-bond acceptors (Lipinski definition) is 6. The van der Waals surface area contributed by atoms with Crippen molar-refractivity contribution in [3.05, 3.63) is 83.8 Å². The maximum atomic E-state index is 14.6. The molecule has 1 aliphatic heterocycles. The molecule has 1 aromatic heterocycles. The number of hydrogen-bond donors (Lipinski definition) is 2. The van der Waals surface area contributed by atoms with E-state index in [1.807, 2.05) is 37.3 Å². The number of para-hydroxylation sites is 1. The highest BCUT2D eigenvalue weighted by atomic mass is 32.2. The molecule has 3 N–H and O–H groups in total. The lowest BCUT2D eigenvalue weighted by Gasteiger charge is -2.30. The average molecular weight is 437 g/mol. The standard InChI is InChI=1S/C23H21FN4O2S/c1-23(11-12-31-22(25)28-23)18-13-16(8-9-19(18)24)27-21(29)15-7-10-20(26-14-15)30-17-5-3-2-4-6-17/h2-10,13-14H,11-12H2,1H3,(H2,25,28)(H,27,29). The van der Waals surface area contributed by atoms with Crippen molar-refractivity contribution in [2.45, 2.75) is 18.9 Å². The van der Waals surface area contributed by atoms with Crippen molar-refractivity contribution < 1.29 is 13.9 Å². The minimum absolute atomic E-state index is 0.355. The summed E-state index contributed by atoms with van der Waals surface area (Å²) >= 11 is 1.45. The number of carbonyl (C=O) groups excluding carboxylic acids is 1. The second-order valence-electron chi connectivity index (χ2n) is 7.27. The Bertz CT molecular complexity index is 1120. The van der Waals surface area contributed by atoms with Gasteiger partial charge in [-0.05, 0) is 49.7 Å². The number of carbonyl (C=O) groups is 1. The summed E-state index contributed by atoms with van der Waals surface area (Å²) in [4.78, 5) is 21.3. The van der Waals surface area contributed by atoms with Gasteiger partial charge in [0.1, 0.15) is 11.6 Å². The van der Waals surface area contributed by atoms with Crippen LogP contribution in [-0.4, -0.2) is 21.8 Å². The molecule has 31 heavy (non-hydrogen) atoms. The van der Waals surface area contributed by atoms with Crippen molar-refractivity contribution in [2.75, 3.05) is 11.1 Å². The number of amides is 1. The summed E-state index contributed by atoms with van der Waals surface area (Å²) in [5.41, 5.74) is 6.32. The highest BCUT2D eigenvalue weighted by Crippen LogP contribution is 2.37. The molecular weight excluding hydrogens is 415 g/mol. The third kappa shape index (κ3) is 4.86. The number of nitrogens with zero attached hydrogens (tertiary/aromatic N) is 2. The van der Waals surface area contributed by atoms with Gasteiger partial charge in [-0.1, -0.05) is 30.0 Å². The Morgan fingerprint density at radius 3 is 2.71 bits per heavy atom. The Kier molecular flexibility index (Phi) is 5.90. The van der Waals surface area contributed by atoms with E-state index in [-0.39, 0.29) is 11.7 Å². The number of benzene rings is 2. The fraction of sp³-hybridized carbons (Fsp3) is 0.174. The van der Waals surface area contributed by atoms with Gasteiger partial charge in [0.2, 0.25) is 5.88 Å². The van der Waals surface area contributed by atoms with Crippen LogP contribution in [0.2, 0.25) is 0 Å². The number of amidine groups is 1. The lowest BCUT2D eigenvalue weighted by molar-refractivity contribution is 0.102. The molecule has 1 amide bonds. The molecule has 0 fully saturated rings. The first-order valence-corrected chi connectivity index (χ1v) is 10.7. The molecule has 8 heteroatoms. The number of aliphatic imine (C=N–C) groups is 1. The largest absolute Gasteiger partial charge is 0.439 e. The van der Waals surface area contributed by atoms with E-state index in [9.17, 15) is 9.18 Å². The first kappa shape index (κ1) is 20.9. The highest BCUT2D eigenvalue weighted by Gasteiger charge is 2.32. The fourth-order valence-electron chi connectivity index (χ4n) is 3.28. The van der Waals surface area contributed by atoms with Crippen LogP contribution in [-0.2, 0) is 5.54 Å². The van der Waals surface area contributed by atoms with Crippen LogP contribution in [0.4, 0.5) is 10.1 Å². The van der Waals surface area contributed by atoms with Crippen LogP contribution in [0.5, 0.6) is 11.6 Å². The Morgan fingerprint density at radius 2 is 2.00 bits per heavy atom. The lowest BCUT2D eigenvalue weighted by Crippen LogP contribution is -2.29. The number of thioether (sulfide) groups is 1.